The van der Waals surface area contributed by atoms with E-state index in [-0.39, 0.29) is 0 Å². The smallest absolute Gasteiger partial charge is 0.0522 e. The first-order chi connectivity index (χ1) is 8.65. The Hall–Kier alpha value is -0.870. The first-order valence-electron chi connectivity index (χ1n) is 7.08. The topological polar surface area (TPSA) is 33.1 Å². The molecule has 1 aliphatic heterocycles. The summed E-state index contributed by atoms with van der Waals surface area (Å²) in [5, 5.41) is 7.88. The van der Waals surface area contributed by atoms with Crippen molar-refractivity contribution in [1.29, 1.82) is 0 Å². The third-order valence-corrected chi connectivity index (χ3v) is 3.79. The largest absolute Gasteiger partial charge is 0.312 e. The number of nitrogens with one attached hydrogen (secondary N) is 1. The van der Waals surface area contributed by atoms with Gasteiger partial charge in [-0.15, -0.1) is 0 Å². The van der Waals surface area contributed by atoms with E-state index < -0.39 is 0 Å². The zero-order chi connectivity index (χ0) is 13.0. The third kappa shape index (κ3) is 3.82. The quantitative estimate of drug-likeness (QED) is 0.874. The molecule has 0 radical (unpaired) electrons. The Morgan fingerprint density at radius 3 is 3.00 bits per heavy atom. The zero-order valence-electron chi connectivity index (χ0n) is 11.9. The van der Waals surface area contributed by atoms with Gasteiger partial charge in [0.1, 0.15) is 0 Å². The van der Waals surface area contributed by atoms with Crippen LogP contribution < -0.4 is 5.32 Å². The minimum atomic E-state index is 0.640. The van der Waals surface area contributed by atoms with Crippen LogP contribution in [0.1, 0.15) is 25.8 Å². The van der Waals surface area contributed by atoms with Crippen LogP contribution in [0.5, 0.6) is 0 Å². The standard InChI is InChI=1S/C14H26N4/c1-12(2)14-11-18(7-4-6-15-14)8-5-13-9-16-17(3)10-13/h9-10,12,14-15H,4-8,11H2,1-3H3. The Bertz CT molecular complexity index is 358. The molecule has 18 heavy (non-hydrogen) atoms. The zero-order valence-corrected chi connectivity index (χ0v) is 11.9. The summed E-state index contributed by atoms with van der Waals surface area (Å²) in [5.74, 6) is 0.712. The van der Waals surface area contributed by atoms with Gasteiger partial charge in [-0.2, -0.15) is 5.10 Å². The van der Waals surface area contributed by atoms with Crippen molar-refractivity contribution < 1.29 is 0 Å². The Morgan fingerprint density at radius 1 is 1.50 bits per heavy atom. The molecule has 0 aliphatic carbocycles. The molecule has 0 aromatic carbocycles. The minimum absolute atomic E-state index is 0.640. The van der Waals surface area contributed by atoms with Crippen LogP contribution in [0.25, 0.3) is 0 Å². The molecule has 2 rings (SSSR count). The summed E-state index contributed by atoms with van der Waals surface area (Å²) >= 11 is 0. The van der Waals surface area contributed by atoms with Gasteiger partial charge < -0.3 is 10.2 Å². The van der Waals surface area contributed by atoms with E-state index in [1.807, 2.05) is 17.9 Å². The number of hydrogen-bond donors (Lipinski definition) is 1. The van der Waals surface area contributed by atoms with Gasteiger partial charge in [-0.05, 0) is 37.4 Å². The molecule has 0 amide bonds. The Morgan fingerprint density at radius 2 is 2.33 bits per heavy atom. The van der Waals surface area contributed by atoms with Crippen LogP contribution in [0, 0.1) is 5.92 Å². The highest BCUT2D eigenvalue weighted by atomic mass is 15.2. The molecule has 1 N–H and O–H groups in total. The first-order valence-corrected chi connectivity index (χ1v) is 7.08. The highest BCUT2D eigenvalue weighted by Crippen LogP contribution is 2.09. The molecule has 1 unspecified atom stereocenters. The lowest BCUT2D eigenvalue weighted by Gasteiger charge is -2.26. The summed E-state index contributed by atoms with van der Waals surface area (Å²) in [7, 11) is 1.98. The molecular weight excluding hydrogens is 224 g/mol. The summed E-state index contributed by atoms with van der Waals surface area (Å²) in [6.07, 6.45) is 6.47. The van der Waals surface area contributed by atoms with E-state index in [0.29, 0.717) is 12.0 Å². The maximum absolute atomic E-state index is 4.23. The normalized spacial score (nSPS) is 22.3. The Balaban J connectivity index is 1.83. The SMILES string of the molecule is CC(C)C1CN(CCc2cnn(C)c2)CCCN1. The molecule has 0 bridgehead atoms. The van der Waals surface area contributed by atoms with Crippen molar-refractivity contribution in [2.45, 2.75) is 32.7 Å². The Kier molecular flexibility index (Phi) is 4.78. The van der Waals surface area contributed by atoms with Crippen LogP contribution in [0.3, 0.4) is 0 Å². The molecule has 1 aliphatic rings. The molecule has 1 atom stereocenters. The van der Waals surface area contributed by atoms with E-state index in [1.165, 1.54) is 25.1 Å². The number of aryl methyl sites for hydroxylation is 1. The fourth-order valence-corrected chi connectivity index (χ4v) is 2.56. The molecule has 0 saturated carbocycles. The van der Waals surface area contributed by atoms with Gasteiger partial charge in [0.2, 0.25) is 0 Å². The molecule has 4 nitrogen and oxygen atoms in total. The second-order valence-corrected chi connectivity index (χ2v) is 5.73. The number of nitrogens with zero attached hydrogens (tertiary/aromatic N) is 3. The van der Waals surface area contributed by atoms with Crippen LogP contribution in [-0.4, -0.2) is 46.9 Å². The van der Waals surface area contributed by atoms with Gasteiger partial charge in [0.15, 0.2) is 0 Å². The van der Waals surface area contributed by atoms with Crippen molar-refractivity contribution in [1.82, 2.24) is 20.0 Å². The van der Waals surface area contributed by atoms with Crippen LogP contribution in [0.15, 0.2) is 12.4 Å². The summed E-state index contributed by atoms with van der Waals surface area (Å²) < 4.78 is 1.89. The fourth-order valence-electron chi connectivity index (χ4n) is 2.56. The number of aromatic nitrogens is 2. The molecule has 0 spiro atoms. The molecule has 1 aromatic rings. The van der Waals surface area contributed by atoms with E-state index in [9.17, 15) is 0 Å². The lowest BCUT2D eigenvalue weighted by molar-refractivity contribution is 0.248. The van der Waals surface area contributed by atoms with Gasteiger partial charge in [0.25, 0.3) is 0 Å². The first kappa shape index (κ1) is 13.6. The van der Waals surface area contributed by atoms with Crippen molar-refractivity contribution in [2.75, 3.05) is 26.2 Å². The second-order valence-electron chi connectivity index (χ2n) is 5.73. The molecule has 2 heterocycles. The average Bonchev–Trinajstić information content (AvgIpc) is 2.62. The van der Waals surface area contributed by atoms with Gasteiger partial charge in [0.05, 0.1) is 6.20 Å². The van der Waals surface area contributed by atoms with Crippen LogP contribution in [0.2, 0.25) is 0 Å². The summed E-state index contributed by atoms with van der Waals surface area (Å²) in [5.41, 5.74) is 1.34. The monoisotopic (exact) mass is 250 g/mol. The predicted octanol–water partition coefficient (Wildman–Crippen LogP) is 1.28. The molecule has 1 aromatic heterocycles. The molecule has 4 heteroatoms. The molecule has 1 saturated heterocycles. The molecular formula is C14H26N4. The summed E-state index contributed by atoms with van der Waals surface area (Å²) in [6, 6.07) is 0.640. The van der Waals surface area contributed by atoms with E-state index in [2.05, 4.69) is 35.4 Å². The highest BCUT2D eigenvalue weighted by molar-refractivity contribution is 5.04. The van der Waals surface area contributed by atoms with Crippen molar-refractivity contribution in [3.05, 3.63) is 18.0 Å². The van der Waals surface area contributed by atoms with Crippen molar-refractivity contribution >= 4 is 0 Å². The number of rotatable bonds is 4. The predicted molar refractivity (Wildman–Crippen MR) is 74.6 cm³/mol. The van der Waals surface area contributed by atoms with E-state index in [0.717, 1.165) is 19.5 Å². The van der Waals surface area contributed by atoms with Gasteiger partial charge in [-0.1, -0.05) is 13.8 Å². The van der Waals surface area contributed by atoms with Gasteiger partial charge in [-0.3, -0.25) is 4.68 Å². The summed E-state index contributed by atoms with van der Waals surface area (Å²) in [6.45, 7) is 9.32. The van der Waals surface area contributed by atoms with Crippen LogP contribution in [0.4, 0.5) is 0 Å². The van der Waals surface area contributed by atoms with Gasteiger partial charge >= 0.3 is 0 Å². The average molecular weight is 250 g/mol. The van der Waals surface area contributed by atoms with Gasteiger partial charge in [0, 0.05) is 32.4 Å². The lowest BCUT2D eigenvalue weighted by Crippen LogP contribution is -2.41. The molecule has 1 fully saturated rings. The highest BCUT2D eigenvalue weighted by Gasteiger charge is 2.19. The maximum Gasteiger partial charge on any atom is 0.0522 e. The van der Waals surface area contributed by atoms with Gasteiger partial charge in [-0.25, -0.2) is 0 Å². The van der Waals surface area contributed by atoms with Crippen molar-refractivity contribution in [3.63, 3.8) is 0 Å². The third-order valence-electron chi connectivity index (χ3n) is 3.79. The minimum Gasteiger partial charge on any atom is -0.312 e. The Labute approximate surface area is 110 Å². The summed E-state index contributed by atoms with van der Waals surface area (Å²) in [4.78, 5) is 2.59. The van der Waals surface area contributed by atoms with Crippen LogP contribution in [-0.2, 0) is 13.5 Å². The van der Waals surface area contributed by atoms with E-state index in [1.54, 1.807) is 0 Å². The van der Waals surface area contributed by atoms with E-state index in [4.69, 9.17) is 0 Å². The van der Waals surface area contributed by atoms with Crippen molar-refractivity contribution in [3.8, 4) is 0 Å². The molecule has 102 valence electrons. The lowest BCUT2D eigenvalue weighted by atomic mass is 10.0. The second kappa shape index (κ2) is 6.34. The van der Waals surface area contributed by atoms with Crippen molar-refractivity contribution in [2.24, 2.45) is 13.0 Å². The van der Waals surface area contributed by atoms with Crippen LogP contribution >= 0.6 is 0 Å². The number of hydrogen-bond acceptors (Lipinski definition) is 3. The van der Waals surface area contributed by atoms with E-state index >= 15 is 0 Å². The fraction of sp³-hybridized carbons (Fsp3) is 0.786. The maximum atomic E-state index is 4.23.